The summed E-state index contributed by atoms with van der Waals surface area (Å²) >= 11 is 0. The van der Waals surface area contributed by atoms with Crippen LogP contribution in [-0.4, -0.2) is 40.7 Å². The number of aromatic nitrogens is 1. The van der Waals surface area contributed by atoms with Gasteiger partial charge in [-0.3, -0.25) is 0 Å². The maximum atomic E-state index is 10.0. The first-order valence-corrected chi connectivity index (χ1v) is 5.17. The van der Waals surface area contributed by atoms with Gasteiger partial charge in [0.1, 0.15) is 0 Å². The lowest BCUT2D eigenvalue weighted by Gasteiger charge is -2.25. The fourth-order valence-corrected chi connectivity index (χ4v) is 1.93. The third-order valence-electron chi connectivity index (χ3n) is 2.56. The second kappa shape index (κ2) is 3.90. The number of nitrogens with zero attached hydrogens (tertiary/aromatic N) is 1. The monoisotopic (exact) mass is 220 g/mol. The molecule has 1 heterocycles. The van der Waals surface area contributed by atoms with Crippen LogP contribution in [0.5, 0.6) is 0 Å². The van der Waals surface area contributed by atoms with Crippen molar-refractivity contribution in [2.75, 3.05) is 20.6 Å². The number of likely N-dealkylation sites (N-methyl/N-ethyl adjacent to an activating group) is 1. The van der Waals surface area contributed by atoms with Crippen LogP contribution in [0.3, 0.4) is 0 Å². The molecule has 0 fully saturated rings. The normalized spacial score (nSPS) is 12.6. The first-order valence-electron chi connectivity index (χ1n) is 5.17. The maximum Gasteiger partial charge on any atom is 0.205 e. The highest BCUT2D eigenvalue weighted by Gasteiger charge is 2.29. The van der Waals surface area contributed by atoms with Gasteiger partial charge in [-0.15, -0.1) is 0 Å². The highest BCUT2D eigenvalue weighted by atomic mass is 16.5. The van der Waals surface area contributed by atoms with Gasteiger partial charge in [-0.2, -0.15) is 0 Å². The van der Waals surface area contributed by atoms with Gasteiger partial charge in [-0.05, 0) is 20.2 Å². The molecule has 0 saturated heterocycles. The van der Waals surface area contributed by atoms with Crippen LogP contribution in [0.15, 0.2) is 30.5 Å². The van der Waals surface area contributed by atoms with Crippen molar-refractivity contribution >= 4 is 10.9 Å². The fraction of sp³-hybridized carbons (Fsp3) is 0.333. The Bertz CT molecular complexity index is 488. The molecule has 1 aromatic heterocycles. The highest BCUT2D eigenvalue weighted by molar-refractivity contribution is 5.83. The van der Waals surface area contributed by atoms with Crippen LogP contribution in [0, 0.1) is 0 Å². The third-order valence-corrected chi connectivity index (χ3v) is 2.56. The molecule has 0 unspecified atom stereocenters. The predicted molar refractivity (Wildman–Crippen MR) is 63.0 cm³/mol. The molecular weight excluding hydrogens is 204 g/mol. The summed E-state index contributed by atoms with van der Waals surface area (Å²) in [6.07, 6.45) is 1.65. The number of aromatic amines is 1. The number of H-pyrrole nitrogens is 1. The smallest absolute Gasteiger partial charge is 0.205 e. The van der Waals surface area contributed by atoms with Gasteiger partial charge < -0.3 is 20.1 Å². The Morgan fingerprint density at radius 3 is 2.62 bits per heavy atom. The minimum atomic E-state index is -1.83. The minimum Gasteiger partial charge on any atom is -0.361 e. The van der Waals surface area contributed by atoms with E-state index in [1.54, 1.807) is 25.2 Å². The van der Waals surface area contributed by atoms with Crippen molar-refractivity contribution in [3.8, 4) is 0 Å². The van der Waals surface area contributed by atoms with E-state index in [2.05, 4.69) is 4.98 Å². The molecule has 3 N–H and O–H groups in total. The average molecular weight is 220 g/mol. The molecular formula is C12H16N2O2. The number of nitrogens with one attached hydrogen (secondary N) is 1. The minimum absolute atomic E-state index is 0.162. The Kier molecular flexibility index (Phi) is 2.71. The lowest BCUT2D eigenvalue weighted by molar-refractivity contribution is -0.177. The van der Waals surface area contributed by atoms with E-state index in [1.807, 2.05) is 24.3 Å². The van der Waals surface area contributed by atoms with Crippen molar-refractivity contribution in [1.82, 2.24) is 9.88 Å². The number of rotatable bonds is 3. The zero-order valence-electron chi connectivity index (χ0n) is 9.44. The van der Waals surface area contributed by atoms with Gasteiger partial charge in [0.05, 0.1) is 6.54 Å². The Morgan fingerprint density at radius 1 is 1.25 bits per heavy atom. The van der Waals surface area contributed by atoms with Crippen LogP contribution < -0.4 is 0 Å². The second-order valence-electron chi connectivity index (χ2n) is 4.30. The Labute approximate surface area is 94.1 Å². The number of aliphatic hydroxyl groups is 2. The zero-order chi connectivity index (χ0) is 11.8. The molecule has 0 aliphatic carbocycles. The first-order chi connectivity index (χ1) is 7.50. The largest absolute Gasteiger partial charge is 0.361 e. The number of hydrogen-bond donors (Lipinski definition) is 3. The molecule has 4 nitrogen and oxygen atoms in total. The summed E-state index contributed by atoms with van der Waals surface area (Å²) in [6, 6.07) is 7.57. The molecule has 4 heteroatoms. The molecule has 0 amide bonds. The Morgan fingerprint density at radius 2 is 1.94 bits per heavy atom. The van der Waals surface area contributed by atoms with Gasteiger partial charge in [0.25, 0.3) is 0 Å². The van der Waals surface area contributed by atoms with Gasteiger partial charge >= 0.3 is 0 Å². The molecule has 0 spiro atoms. The average Bonchev–Trinajstić information content (AvgIpc) is 2.59. The quantitative estimate of drug-likeness (QED) is 0.673. The topological polar surface area (TPSA) is 59.5 Å². The summed E-state index contributed by atoms with van der Waals surface area (Å²) in [5.74, 6) is -1.83. The van der Waals surface area contributed by atoms with E-state index in [0.717, 1.165) is 10.9 Å². The highest BCUT2D eigenvalue weighted by Crippen LogP contribution is 2.27. The zero-order valence-corrected chi connectivity index (χ0v) is 9.44. The Balaban J connectivity index is 2.46. The third kappa shape index (κ3) is 1.95. The Hall–Kier alpha value is -1.36. The van der Waals surface area contributed by atoms with E-state index in [-0.39, 0.29) is 6.54 Å². The summed E-state index contributed by atoms with van der Waals surface area (Å²) in [6.45, 7) is 0.162. The molecule has 0 aliphatic rings. The van der Waals surface area contributed by atoms with Crippen LogP contribution in [0.4, 0.5) is 0 Å². The van der Waals surface area contributed by atoms with Crippen LogP contribution >= 0.6 is 0 Å². The van der Waals surface area contributed by atoms with Gasteiger partial charge in [-0.1, -0.05) is 18.2 Å². The van der Waals surface area contributed by atoms with E-state index in [1.165, 1.54) is 0 Å². The van der Waals surface area contributed by atoms with E-state index in [9.17, 15) is 10.2 Å². The van der Waals surface area contributed by atoms with Gasteiger partial charge in [-0.25, -0.2) is 0 Å². The number of fused-ring (bicyclic) bond motifs is 1. The van der Waals surface area contributed by atoms with Gasteiger partial charge in [0.15, 0.2) is 0 Å². The van der Waals surface area contributed by atoms with Crippen molar-refractivity contribution in [2.24, 2.45) is 0 Å². The predicted octanol–water partition coefficient (Wildman–Crippen LogP) is 0.867. The SMILES string of the molecule is CN(C)CC(O)(O)c1c[nH]c2ccccc12. The molecule has 0 bridgehead atoms. The fourth-order valence-electron chi connectivity index (χ4n) is 1.93. The van der Waals surface area contributed by atoms with E-state index in [4.69, 9.17) is 0 Å². The van der Waals surface area contributed by atoms with Crippen molar-refractivity contribution in [3.63, 3.8) is 0 Å². The number of benzene rings is 1. The van der Waals surface area contributed by atoms with Crippen molar-refractivity contribution < 1.29 is 10.2 Å². The van der Waals surface area contributed by atoms with E-state index in [0.29, 0.717) is 5.56 Å². The van der Waals surface area contributed by atoms with E-state index < -0.39 is 5.79 Å². The van der Waals surface area contributed by atoms with Gasteiger partial charge in [0, 0.05) is 22.7 Å². The summed E-state index contributed by atoms with van der Waals surface area (Å²) < 4.78 is 0. The molecule has 16 heavy (non-hydrogen) atoms. The van der Waals surface area contributed by atoms with Gasteiger partial charge in [0.2, 0.25) is 5.79 Å². The molecule has 2 aromatic rings. The van der Waals surface area contributed by atoms with Crippen LogP contribution in [0.2, 0.25) is 0 Å². The molecule has 0 radical (unpaired) electrons. The van der Waals surface area contributed by atoms with Crippen molar-refractivity contribution in [3.05, 3.63) is 36.0 Å². The number of hydrogen-bond acceptors (Lipinski definition) is 3. The molecule has 0 aliphatic heterocycles. The number of para-hydroxylation sites is 1. The molecule has 0 atom stereocenters. The molecule has 0 saturated carbocycles. The molecule has 1 aromatic carbocycles. The van der Waals surface area contributed by atoms with Crippen LogP contribution in [-0.2, 0) is 5.79 Å². The second-order valence-corrected chi connectivity index (χ2v) is 4.30. The lowest BCUT2D eigenvalue weighted by atomic mass is 10.0. The summed E-state index contributed by atoms with van der Waals surface area (Å²) in [5, 5.41) is 20.9. The van der Waals surface area contributed by atoms with Crippen molar-refractivity contribution in [2.45, 2.75) is 5.79 Å². The van der Waals surface area contributed by atoms with Crippen LogP contribution in [0.25, 0.3) is 10.9 Å². The molecule has 86 valence electrons. The maximum absolute atomic E-state index is 10.0. The summed E-state index contributed by atoms with van der Waals surface area (Å²) in [7, 11) is 3.60. The standard InChI is InChI=1S/C12H16N2O2/c1-14(2)8-12(15,16)10-7-13-11-6-4-3-5-9(10)11/h3-7,13,15-16H,8H2,1-2H3. The summed E-state index contributed by atoms with van der Waals surface area (Å²) in [5.41, 5.74) is 1.42. The van der Waals surface area contributed by atoms with E-state index >= 15 is 0 Å². The molecule has 2 rings (SSSR count). The summed E-state index contributed by atoms with van der Waals surface area (Å²) in [4.78, 5) is 4.77. The van der Waals surface area contributed by atoms with Crippen LogP contribution in [0.1, 0.15) is 5.56 Å². The van der Waals surface area contributed by atoms with Crippen molar-refractivity contribution in [1.29, 1.82) is 0 Å². The lowest BCUT2D eigenvalue weighted by Crippen LogP contribution is -2.37. The first kappa shape index (κ1) is 11.1.